The molecule has 0 bridgehead atoms. The Kier molecular flexibility index (Phi) is 38.9. The number of rotatable bonds is 43. The maximum absolute atomic E-state index is 12.7. The minimum atomic E-state index is -4.62. The van der Waals surface area contributed by atoms with Crippen molar-refractivity contribution < 1.29 is 42.1 Å². The number of carbonyl (C=O) groups excluding carboxylic acids is 2. The maximum Gasteiger partial charge on any atom is 0.306 e. The van der Waals surface area contributed by atoms with Crippen LogP contribution < -0.4 is 4.89 Å². The van der Waals surface area contributed by atoms with Gasteiger partial charge in [-0.2, -0.15) is 0 Å². The molecule has 0 aromatic rings. The van der Waals surface area contributed by atoms with Gasteiger partial charge in [0.15, 0.2) is 6.10 Å². The fraction of sp³-hybridized carbons (Fsp3) is 0.872. The Labute approximate surface area is 351 Å². The Morgan fingerprint density at radius 2 is 0.895 bits per heavy atom. The molecule has 9 nitrogen and oxygen atoms in total. The van der Waals surface area contributed by atoms with Crippen LogP contribution in [-0.2, 0) is 32.7 Å². The fourth-order valence-corrected chi connectivity index (χ4v) is 7.20. The van der Waals surface area contributed by atoms with Gasteiger partial charge in [0, 0.05) is 12.8 Å². The minimum absolute atomic E-state index is 0.0311. The van der Waals surface area contributed by atoms with Crippen molar-refractivity contribution in [3.8, 4) is 0 Å². The van der Waals surface area contributed by atoms with E-state index in [1.165, 1.54) is 122 Å². The first-order valence-electron chi connectivity index (χ1n) is 23.5. The Morgan fingerprint density at radius 3 is 1.33 bits per heavy atom. The predicted molar refractivity (Wildman–Crippen MR) is 236 cm³/mol. The first-order chi connectivity index (χ1) is 27.5. The topological polar surface area (TPSA) is 111 Å². The third-order valence-electron chi connectivity index (χ3n) is 10.2. The monoisotopic (exact) mass is 828 g/mol. The molecule has 0 aromatic carbocycles. The van der Waals surface area contributed by atoms with Gasteiger partial charge >= 0.3 is 11.9 Å². The van der Waals surface area contributed by atoms with Gasteiger partial charge in [-0.1, -0.05) is 160 Å². The summed E-state index contributed by atoms with van der Waals surface area (Å²) in [6, 6.07) is 0. The van der Waals surface area contributed by atoms with E-state index in [1.54, 1.807) is 0 Å². The summed E-state index contributed by atoms with van der Waals surface area (Å²) < 4.78 is 33.9. The summed E-state index contributed by atoms with van der Waals surface area (Å²) in [4.78, 5) is 37.5. The number of unbranched alkanes of at least 4 members (excludes halogenated alkanes) is 25. The first-order valence-corrected chi connectivity index (χ1v) is 25.0. The summed E-state index contributed by atoms with van der Waals surface area (Å²) in [5.74, 6) is -0.840. The molecule has 0 aliphatic rings. The highest BCUT2D eigenvalue weighted by Gasteiger charge is 2.21. The number of carbonyl (C=O) groups is 2. The van der Waals surface area contributed by atoms with E-state index in [-0.39, 0.29) is 32.0 Å². The number of likely N-dealkylation sites (N-methyl/N-ethyl adjacent to an activating group) is 1. The van der Waals surface area contributed by atoms with Crippen LogP contribution in [-0.4, -0.2) is 70.0 Å². The van der Waals surface area contributed by atoms with Gasteiger partial charge < -0.3 is 27.9 Å². The van der Waals surface area contributed by atoms with Crippen LogP contribution in [0.3, 0.4) is 0 Å². The van der Waals surface area contributed by atoms with E-state index in [0.717, 1.165) is 57.8 Å². The van der Waals surface area contributed by atoms with Crippen molar-refractivity contribution in [1.82, 2.24) is 0 Å². The van der Waals surface area contributed by atoms with Gasteiger partial charge in [-0.25, -0.2) is 0 Å². The van der Waals surface area contributed by atoms with Gasteiger partial charge in [0.1, 0.15) is 19.8 Å². The predicted octanol–water partition coefficient (Wildman–Crippen LogP) is 12.9. The quantitative estimate of drug-likeness (QED) is 0.0196. The molecule has 0 fully saturated rings. The van der Waals surface area contributed by atoms with E-state index in [9.17, 15) is 19.0 Å². The van der Waals surface area contributed by atoms with Crippen molar-refractivity contribution in [3.63, 3.8) is 0 Å². The molecular weight excluding hydrogens is 737 g/mol. The third-order valence-corrected chi connectivity index (χ3v) is 11.2. The number of allylic oxidation sites excluding steroid dienone is 4. The molecule has 0 saturated carbocycles. The molecule has 0 saturated heterocycles. The summed E-state index contributed by atoms with van der Waals surface area (Å²) in [5.41, 5.74) is 0. The molecule has 0 radical (unpaired) electrons. The molecule has 0 aliphatic heterocycles. The van der Waals surface area contributed by atoms with Gasteiger partial charge in [-0.3, -0.25) is 14.2 Å². The van der Waals surface area contributed by atoms with E-state index < -0.39 is 26.5 Å². The van der Waals surface area contributed by atoms with Gasteiger partial charge in [0.05, 0.1) is 27.7 Å². The van der Waals surface area contributed by atoms with Crippen LogP contribution >= 0.6 is 7.82 Å². The van der Waals surface area contributed by atoms with Gasteiger partial charge in [0.2, 0.25) is 0 Å². The number of phosphoric acid groups is 1. The smallest absolute Gasteiger partial charge is 0.306 e. The van der Waals surface area contributed by atoms with Crippen LogP contribution in [0.2, 0.25) is 0 Å². The molecule has 0 amide bonds. The normalized spacial score (nSPS) is 13.7. The maximum atomic E-state index is 12.7. The van der Waals surface area contributed by atoms with Crippen LogP contribution in [0, 0.1) is 0 Å². The van der Waals surface area contributed by atoms with Crippen LogP contribution in [0.15, 0.2) is 24.3 Å². The number of quaternary nitrogens is 1. The van der Waals surface area contributed by atoms with E-state index in [2.05, 4.69) is 38.2 Å². The SMILES string of the molecule is CCCCC/C=C/CCCCCCCC(=O)O[C@@H](COC(=O)CCCCCCCCCCCCC/C=C/CCCCCCCC)COP(=O)([O-])OCC[N+](C)(C)C. The van der Waals surface area contributed by atoms with E-state index in [1.807, 2.05) is 21.1 Å². The number of ether oxygens (including phenoxy) is 2. The number of hydrogen-bond donors (Lipinski definition) is 0. The van der Waals surface area contributed by atoms with Crippen molar-refractivity contribution in [2.75, 3.05) is 47.5 Å². The summed E-state index contributed by atoms with van der Waals surface area (Å²) >= 11 is 0. The Bertz CT molecular complexity index is 1030. The van der Waals surface area contributed by atoms with Crippen molar-refractivity contribution >= 4 is 19.8 Å². The standard InChI is InChI=1S/C47H90NO8P/c1-6-8-10-12-14-16-18-20-21-22-23-24-25-26-27-28-30-31-33-35-37-39-46(49)53-43-45(44-55-57(51,52)54-42-41-48(3,4)5)56-47(50)40-38-36-34-32-29-19-17-15-13-11-9-7-2/h15,17,20-21,45H,6-14,16,18-19,22-44H2,1-5H3/b17-15+,21-20+/t45-/m0/s1. The van der Waals surface area contributed by atoms with Crippen LogP contribution in [0.25, 0.3) is 0 Å². The van der Waals surface area contributed by atoms with Gasteiger partial charge in [0.25, 0.3) is 7.82 Å². The highest BCUT2D eigenvalue weighted by atomic mass is 31.2. The highest BCUT2D eigenvalue weighted by Crippen LogP contribution is 2.38. The summed E-state index contributed by atoms with van der Waals surface area (Å²) in [6.07, 6.45) is 43.5. The van der Waals surface area contributed by atoms with Crippen LogP contribution in [0.5, 0.6) is 0 Å². The zero-order valence-electron chi connectivity index (χ0n) is 37.8. The molecule has 0 spiro atoms. The molecule has 0 aromatic heterocycles. The Balaban J connectivity index is 4.23. The molecule has 1 unspecified atom stereocenters. The summed E-state index contributed by atoms with van der Waals surface area (Å²) in [5, 5.41) is 0. The Hall–Kier alpha value is -1.51. The lowest BCUT2D eigenvalue weighted by Crippen LogP contribution is -2.37. The number of phosphoric ester groups is 1. The van der Waals surface area contributed by atoms with Gasteiger partial charge in [-0.05, 0) is 64.2 Å². The second kappa shape index (κ2) is 39.9. The average molecular weight is 828 g/mol. The molecule has 2 atom stereocenters. The highest BCUT2D eigenvalue weighted by molar-refractivity contribution is 7.45. The lowest BCUT2D eigenvalue weighted by atomic mass is 10.0. The molecular formula is C47H90NO8P. The van der Waals surface area contributed by atoms with Crippen molar-refractivity contribution in [2.24, 2.45) is 0 Å². The molecule has 10 heteroatoms. The lowest BCUT2D eigenvalue weighted by molar-refractivity contribution is -0.870. The van der Waals surface area contributed by atoms with Crippen LogP contribution in [0.1, 0.15) is 213 Å². The molecule has 57 heavy (non-hydrogen) atoms. The summed E-state index contributed by atoms with van der Waals surface area (Å²) in [6.45, 7) is 4.20. The lowest BCUT2D eigenvalue weighted by Gasteiger charge is -2.28. The van der Waals surface area contributed by atoms with Crippen molar-refractivity contribution in [2.45, 2.75) is 219 Å². The minimum Gasteiger partial charge on any atom is -0.756 e. The van der Waals surface area contributed by atoms with Crippen molar-refractivity contribution in [3.05, 3.63) is 24.3 Å². The number of nitrogens with zero attached hydrogens (tertiary/aromatic N) is 1. The molecule has 336 valence electrons. The van der Waals surface area contributed by atoms with E-state index in [4.69, 9.17) is 18.5 Å². The molecule has 0 heterocycles. The van der Waals surface area contributed by atoms with Gasteiger partial charge in [-0.15, -0.1) is 0 Å². The summed E-state index contributed by atoms with van der Waals surface area (Å²) in [7, 11) is 1.16. The fourth-order valence-electron chi connectivity index (χ4n) is 6.47. The van der Waals surface area contributed by atoms with E-state index in [0.29, 0.717) is 17.4 Å². The second-order valence-corrected chi connectivity index (χ2v) is 18.5. The van der Waals surface area contributed by atoms with Crippen molar-refractivity contribution in [1.29, 1.82) is 0 Å². The molecule has 0 rings (SSSR count). The van der Waals surface area contributed by atoms with E-state index >= 15 is 0 Å². The second-order valence-electron chi connectivity index (χ2n) is 17.1. The molecule has 0 N–H and O–H groups in total. The average Bonchev–Trinajstić information content (AvgIpc) is 3.16. The molecule has 0 aliphatic carbocycles. The number of esters is 2. The Morgan fingerprint density at radius 1 is 0.526 bits per heavy atom. The van der Waals surface area contributed by atoms with Crippen LogP contribution in [0.4, 0.5) is 0 Å². The first kappa shape index (κ1) is 55.5. The zero-order chi connectivity index (χ0) is 42.1. The third kappa shape index (κ3) is 43.9. The largest absolute Gasteiger partial charge is 0.756 e. The zero-order valence-corrected chi connectivity index (χ0v) is 38.7. The number of hydrogen-bond acceptors (Lipinski definition) is 8.